The Kier molecular flexibility index (Phi) is 4.34. The van der Waals surface area contributed by atoms with E-state index in [1.165, 1.54) is 13.4 Å². The molecule has 1 N–H and O–H groups in total. The van der Waals surface area contributed by atoms with Gasteiger partial charge in [0.05, 0.1) is 25.2 Å². The molecule has 0 spiro atoms. The zero-order valence-corrected chi connectivity index (χ0v) is 16.0. The standard InChI is InChI=1S/C19H20N6O3/c1-11(2)15-14(28-19(26)27-4)9-25-16(15)18(22-10-23-25)24(3)13-7-12-5-6-20-17(12)21-8-13/h5-11H,1-4H3,(H,20,21). The molecule has 0 aliphatic heterocycles. The van der Waals surface area contributed by atoms with Crippen molar-refractivity contribution in [1.29, 1.82) is 0 Å². The summed E-state index contributed by atoms with van der Waals surface area (Å²) < 4.78 is 11.6. The number of aromatic nitrogens is 5. The Bertz CT molecular complexity index is 1160. The highest BCUT2D eigenvalue weighted by Crippen LogP contribution is 2.37. The lowest BCUT2D eigenvalue weighted by molar-refractivity contribution is 0.121. The quantitative estimate of drug-likeness (QED) is 0.540. The van der Waals surface area contributed by atoms with Gasteiger partial charge in [-0.3, -0.25) is 0 Å². The van der Waals surface area contributed by atoms with E-state index in [0.29, 0.717) is 11.6 Å². The Labute approximate surface area is 160 Å². The molecular formula is C19H20N6O3. The summed E-state index contributed by atoms with van der Waals surface area (Å²) in [5, 5.41) is 5.29. The second-order valence-electron chi connectivity index (χ2n) is 6.66. The highest BCUT2D eigenvalue weighted by molar-refractivity contribution is 5.85. The molecular weight excluding hydrogens is 360 g/mol. The van der Waals surface area contributed by atoms with Crippen LogP contribution in [0.25, 0.3) is 16.6 Å². The molecule has 0 aliphatic rings. The van der Waals surface area contributed by atoms with Crippen LogP contribution in [0, 0.1) is 0 Å². The maximum absolute atomic E-state index is 11.7. The maximum atomic E-state index is 11.7. The van der Waals surface area contributed by atoms with Gasteiger partial charge in [0.25, 0.3) is 0 Å². The third-order valence-corrected chi connectivity index (χ3v) is 4.59. The molecule has 0 saturated heterocycles. The summed E-state index contributed by atoms with van der Waals surface area (Å²) in [4.78, 5) is 25.6. The number of fused-ring (bicyclic) bond motifs is 2. The molecule has 4 aromatic rings. The second kappa shape index (κ2) is 6.84. The maximum Gasteiger partial charge on any atom is 0.513 e. The van der Waals surface area contributed by atoms with E-state index in [4.69, 9.17) is 4.74 Å². The van der Waals surface area contributed by atoms with Gasteiger partial charge in [-0.25, -0.2) is 19.3 Å². The fourth-order valence-electron chi connectivity index (χ4n) is 3.25. The van der Waals surface area contributed by atoms with Gasteiger partial charge in [-0.1, -0.05) is 13.8 Å². The summed E-state index contributed by atoms with van der Waals surface area (Å²) >= 11 is 0. The van der Waals surface area contributed by atoms with Gasteiger partial charge in [0.15, 0.2) is 11.6 Å². The number of nitrogens with zero attached hydrogens (tertiary/aromatic N) is 5. The SMILES string of the molecule is COC(=O)Oc1cn2ncnc(N(C)c3cnc4[nH]ccc4c3)c2c1C(C)C. The molecule has 0 fully saturated rings. The Morgan fingerprint density at radius 2 is 2.14 bits per heavy atom. The number of anilines is 2. The lowest BCUT2D eigenvalue weighted by Gasteiger charge is -2.20. The first-order chi connectivity index (χ1) is 13.5. The minimum atomic E-state index is -0.775. The predicted molar refractivity (Wildman–Crippen MR) is 104 cm³/mol. The van der Waals surface area contributed by atoms with Crippen LogP contribution in [0.5, 0.6) is 5.75 Å². The Morgan fingerprint density at radius 3 is 2.89 bits per heavy atom. The number of pyridine rings is 1. The van der Waals surface area contributed by atoms with Gasteiger partial charge >= 0.3 is 6.16 Å². The molecule has 0 radical (unpaired) electrons. The van der Waals surface area contributed by atoms with Gasteiger partial charge in [-0.05, 0) is 18.1 Å². The van der Waals surface area contributed by atoms with E-state index < -0.39 is 6.16 Å². The number of methoxy groups -OCH3 is 1. The summed E-state index contributed by atoms with van der Waals surface area (Å²) in [6.07, 6.45) is 5.98. The monoisotopic (exact) mass is 380 g/mol. The zero-order chi connectivity index (χ0) is 19.8. The fourth-order valence-corrected chi connectivity index (χ4v) is 3.25. The van der Waals surface area contributed by atoms with Crippen molar-refractivity contribution in [3.63, 3.8) is 0 Å². The molecule has 0 amide bonds. The second-order valence-corrected chi connectivity index (χ2v) is 6.66. The van der Waals surface area contributed by atoms with Crippen molar-refractivity contribution in [3.05, 3.63) is 42.6 Å². The number of hydrogen-bond donors (Lipinski definition) is 1. The first-order valence-electron chi connectivity index (χ1n) is 8.78. The highest BCUT2D eigenvalue weighted by Gasteiger charge is 2.24. The number of carbonyl (C=O) groups excluding carboxylic acids is 1. The molecule has 0 saturated carbocycles. The van der Waals surface area contributed by atoms with Crippen molar-refractivity contribution < 1.29 is 14.3 Å². The van der Waals surface area contributed by atoms with Crippen LogP contribution in [0.2, 0.25) is 0 Å². The fraction of sp³-hybridized carbons (Fsp3) is 0.263. The highest BCUT2D eigenvalue weighted by atomic mass is 16.7. The van der Waals surface area contributed by atoms with Crippen LogP contribution in [0.4, 0.5) is 16.3 Å². The summed E-state index contributed by atoms with van der Waals surface area (Å²) in [7, 11) is 3.19. The molecule has 28 heavy (non-hydrogen) atoms. The largest absolute Gasteiger partial charge is 0.513 e. The van der Waals surface area contributed by atoms with Gasteiger partial charge in [-0.2, -0.15) is 5.10 Å². The number of carbonyl (C=O) groups is 1. The van der Waals surface area contributed by atoms with Gasteiger partial charge in [0.2, 0.25) is 0 Å². The molecule has 9 nitrogen and oxygen atoms in total. The van der Waals surface area contributed by atoms with Crippen molar-refractivity contribution >= 4 is 34.2 Å². The smallest absolute Gasteiger partial charge is 0.437 e. The van der Waals surface area contributed by atoms with Gasteiger partial charge in [-0.15, -0.1) is 0 Å². The normalized spacial score (nSPS) is 11.3. The summed E-state index contributed by atoms with van der Waals surface area (Å²) in [5.74, 6) is 1.14. The van der Waals surface area contributed by atoms with E-state index in [-0.39, 0.29) is 5.92 Å². The molecule has 9 heteroatoms. The number of aromatic amines is 1. The summed E-state index contributed by atoms with van der Waals surface area (Å²) in [6, 6.07) is 4.00. The summed E-state index contributed by atoms with van der Waals surface area (Å²) in [6.45, 7) is 4.04. The Balaban J connectivity index is 1.87. The molecule has 4 rings (SSSR count). The molecule has 0 unspecified atom stereocenters. The number of ether oxygens (including phenoxy) is 2. The van der Waals surface area contributed by atoms with Crippen molar-refractivity contribution in [2.24, 2.45) is 0 Å². The number of nitrogens with one attached hydrogen (secondary N) is 1. The van der Waals surface area contributed by atoms with Crippen molar-refractivity contribution in [3.8, 4) is 5.75 Å². The predicted octanol–water partition coefficient (Wildman–Crippen LogP) is 3.64. The van der Waals surface area contributed by atoms with Crippen LogP contribution < -0.4 is 9.64 Å². The lowest BCUT2D eigenvalue weighted by Crippen LogP contribution is -2.14. The number of rotatable bonds is 4. The van der Waals surface area contributed by atoms with Gasteiger partial charge in [0.1, 0.15) is 17.5 Å². The van der Waals surface area contributed by atoms with Crippen molar-refractivity contribution in [2.75, 3.05) is 19.1 Å². The minimum absolute atomic E-state index is 0.0630. The summed E-state index contributed by atoms with van der Waals surface area (Å²) in [5.41, 5.74) is 3.28. The van der Waals surface area contributed by atoms with E-state index in [1.54, 1.807) is 16.9 Å². The van der Waals surface area contributed by atoms with Crippen LogP contribution in [0.3, 0.4) is 0 Å². The average molecular weight is 380 g/mol. The number of hydrogen-bond acceptors (Lipinski definition) is 7. The molecule has 0 aromatic carbocycles. The first kappa shape index (κ1) is 17.8. The van der Waals surface area contributed by atoms with Crippen LogP contribution in [-0.4, -0.2) is 44.9 Å². The molecule has 4 aromatic heterocycles. The molecule has 0 bridgehead atoms. The van der Waals surface area contributed by atoms with E-state index in [1.807, 2.05) is 44.1 Å². The zero-order valence-electron chi connectivity index (χ0n) is 16.0. The first-order valence-corrected chi connectivity index (χ1v) is 8.78. The van der Waals surface area contributed by atoms with E-state index in [2.05, 4.69) is 24.8 Å². The minimum Gasteiger partial charge on any atom is -0.437 e. The van der Waals surface area contributed by atoms with Crippen molar-refractivity contribution in [2.45, 2.75) is 19.8 Å². The topological polar surface area (TPSA) is 97.6 Å². The van der Waals surface area contributed by atoms with Crippen LogP contribution in [0.15, 0.2) is 37.1 Å². The Morgan fingerprint density at radius 1 is 1.32 bits per heavy atom. The Hall–Kier alpha value is -3.62. The van der Waals surface area contributed by atoms with Gasteiger partial charge < -0.3 is 19.4 Å². The molecule has 4 heterocycles. The molecule has 0 atom stereocenters. The molecule has 0 aliphatic carbocycles. The van der Waals surface area contributed by atoms with Crippen LogP contribution in [-0.2, 0) is 4.74 Å². The van der Waals surface area contributed by atoms with E-state index in [9.17, 15) is 4.79 Å². The number of H-pyrrole nitrogens is 1. The average Bonchev–Trinajstić information content (AvgIpc) is 3.30. The van der Waals surface area contributed by atoms with Crippen molar-refractivity contribution in [1.82, 2.24) is 24.6 Å². The van der Waals surface area contributed by atoms with Gasteiger partial charge in [0, 0.05) is 24.2 Å². The van der Waals surface area contributed by atoms with E-state index >= 15 is 0 Å². The lowest BCUT2D eigenvalue weighted by atomic mass is 10.0. The third-order valence-electron chi connectivity index (χ3n) is 4.59. The van der Waals surface area contributed by atoms with Crippen LogP contribution >= 0.6 is 0 Å². The van der Waals surface area contributed by atoms with E-state index in [0.717, 1.165) is 27.8 Å². The third kappa shape index (κ3) is 2.90. The molecule has 144 valence electrons. The van der Waals surface area contributed by atoms with Crippen LogP contribution in [0.1, 0.15) is 25.3 Å².